The van der Waals surface area contributed by atoms with Gasteiger partial charge in [0.1, 0.15) is 54.4 Å². The van der Waals surface area contributed by atoms with E-state index in [1.54, 1.807) is 0 Å². The van der Waals surface area contributed by atoms with E-state index in [4.69, 9.17) is 70.8 Å². The Morgan fingerprint density at radius 3 is 2.14 bits per heavy atom. The third kappa shape index (κ3) is 9.49. The highest BCUT2D eigenvalue weighted by molar-refractivity contribution is 8.07. The molecule has 2 bridgehead atoms. The Morgan fingerprint density at radius 1 is 0.877 bits per heavy atom. The number of imidazole rings is 1. The predicted octanol–water partition coefficient (Wildman–Crippen LogP) is 4.80. The average molecular weight is 1020 g/mol. The van der Waals surface area contributed by atoms with Gasteiger partial charge in [0.15, 0.2) is 40.3 Å². The second-order valence-electron chi connectivity index (χ2n) is 20.0. The normalized spacial score (nSPS) is 31.8. The number of aliphatic hydroxyl groups is 1. The van der Waals surface area contributed by atoms with Crippen molar-refractivity contribution in [2.24, 2.45) is 0 Å². The summed E-state index contributed by atoms with van der Waals surface area (Å²) in [6, 6.07) is 0. The molecule has 0 spiro atoms. The quantitative estimate of drug-likeness (QED) is 0.117. The lowest BCUT2D eigenvalue weighted by atomic mass is 10.1. The lowest BCUT2D eigenvalue weighted by molar-refractivity contribution is -0.0604. The van der Waals surface area contributed by atoms with Gasteiger partial charge in [-0.3, -0.25) is 23.0 Å². The molecule has 2 unspecified atom stereocenters. The average Bonchev–Trinajstić information content (AvgIpc) is 3.91. The first-order valence-corrected chi connectivity index (χ1v) is 32.6. The number of anilines is 2. The molecular weight excluding hydrogens is 957 g/mol. The number of aryl methyl sites for hydroxylation is 1. The number of aliphatic hydroxyl groups excluding tert-OH is 1. The molecule has 4 aromatic heterocycles. The first-order chi connectivity index (χ1) is 30.2. The van der Waals surface area contributed by atoms with Crippen molar-refractivity contribution in [2.45, 2.75) is 146 Å². The Kier molecular flexibility index (Phi) is 13.4. The Labute approximate surface area is 389 Å². The van der Waals surface area contributed by atoms with Crippen LogP contribution in [-0.4, -0.2) is 128 Å². The number of ether oxygens (including phenoxy) is 2. The minimum Gasteiger partial charge on any atom is -0.408 e. The van der Waals surface area contributed by atoms with Crippen LogP contribution in [0, 0.1) is 0 Å². The van der Waals surface area contributed by atoms with Gasteiger partial charge in [0.05, 0.1) is 38.1 Å². The molecule has 8 rings (SSSR count). The van der Waals surface area contributed by atoms with Crippen LogP contribution in [-0.2, 0) is 73.0 Å². The number of nitrogens with one attached hydrogen (secondary N) is 1. The molecular formula is C38H61N9O12P2S2Si2. The van der Waals surface area contributed by atoms with Gasteiger partial charge in [-0.25, -0.2) is 15.0 Å². The summed E-state index contributed by atoms with van der Waals surface area (Å²) < 4.78 is 57.8. The Morgan fingerprint density at radius 2 is 1.49 bits per heavy atom. The number of fused-ring (bicyclic) bond motifs is 4. The first-order valence-electron chi connectivity index (χ1n) is 21.6. The highest BCUT2D eigenvalue weighted by Crippen LogP contribution is 2.56. The van der Waals surface area contributed by atoms with Crippen LogP contribution in [0.3, 0.4) is 0 Å². The largest absolute Gasteiger partial charge is 0.408 e. The van der Waals surface area contributed by atoms with E-state index in [0.717, 1.165) is 34.9 Å². The van der Waals surface area contributed by atoms with Crippen LogP contribution < -0.4 is 16.6 Å². The fraction of sp³-hybridized carbons (Fsp3) is 0.711. The number of nitrogens with zero attached hydrogens (tertiary/aromatic N) is 7. The molecule has 0 radical (unpaired) electrons. The fourth-order valence-electron chi connectivity index (χ4n) is 8.06. The van der Waals surface area contributed by atoms with Crippen LogP contribution in [0.2, 0.25) is 36.3 Å². The number of rotatable bonds is 8. The molecule has 0 amide bonds. The van der Waals surface area contributed by atoms with E-state index < -0.39 is 84.7 Å². The van der Waals surface area contributed by atoms with Gasteiger partial charge in [-0.15, -0.1) is 0 Å². The molecule has 0 aliphatic carbocycles. The van der Waals surface area contributed by atoms with Crippen molar-refractivity contribution >= 4 is 87.6 Å². The third-order valence-electron chi connectivity index (χ3n) is 13.5. The highest BCUT2D eigenvalue weighted by atomic mass is 32.5. The molecule has 21 nitrogen and oxygen atoms in total. The summed E-state index contributed by atoms with van der Waals surface area (Å²) in [7, 11) is -5.36. The summed E-state index contributed by atoms with van der Waals surface area (Å²) in [5.41, 5.74) is 7.26. The van der Waals surface area contributed by atoms with E-state index in [1.165, 1.54) is 17.2 Å². The van der Waals surface area contributed by atoms with Crippen molar-refractivity contribution in [3.63, 3.8) is 0 Å². The van der Waals surface area contributed by atoms with Gasteiger partial charge >= 0.3 is 13.4 Å². The molecule has 10 atom stereocenters. The second-order valence-corrected chi connectivity index (χ2v) is 35.1. The zero-order valence-corrected chi connectivity index (χ0v) is 43.7. The maximum atomic E-state index is 13.5. The van der Waals surface area contributed by atoms with Gasteiger partial charge in [0.2, 0.25) is 5.95 Å². The van der Waals surface area contributed by atoms with E-state index in [9.17, 15) is 19.7 Å². The highest BCUT2D eigenvalue weighted by Gasteiger charge is 2.57. The van der Waals surface area contributed by atoms with E-state index in [2.05, 4.69) is 74.9 Å². The van der Waals surface area contributed by atoms with E-state index >= 15 is 0 Å². The fourth-order valence-corrected chi connectivity index (χ4v) is 13.5. The Bertz CT molecular complexity index is 2610. The van der Waals surface area contributed by atoms with Gasteiger partial charge in [-0.1, -0.05) is 41.5 Å². The molecule has 6 N–H and O–H groups in total. The lowest BCUT2D eigenvalue weighted by Gasteiger charge is -2.41. The zero-order chi connectivity index (χ0) is 47.2. The van der Waals surface area contributed by atoms with Gasteiger partial charge in [-0.2, -0.15) is 4.98 Å². The number of hydrogen-bond acceptors (Lipinski definition) is 18. The topological polar surface area (TPSA) is 256 Å². The monoisotopic (exact) mass is 1020 g/mol. The molecule has 4 aliphatic rings. The second kappa shape index (κ2) is 17.7. The van der Waals surface area contributed by atoms with Crippen LogP contribution in [0.5, 0.6) is 0 Å². The summed E-state index contributed by atoms with van der Waals surface area (Å²) in [6.45, 7) is 11.9. The van der Waals surface area contributed by atoms with Crippen LogP contribution in [0.15, 0.2) is 23.6 Å². The van der Waals surface area contributed by atoms with Gasteiger partial charge < -0.3 is 57.9 Å². The summed E-state index contributed by atoms with van der Waals surface area (Å²) in [6.07, 6.45) is -1.97. The van der Waals surface area contributed by atoms with Gasteiger partial charge in [0.25, 0.3) is 5.56 Å². The summed E-state index contributed by atoms with van der Waals surface area (Å²) in [4.78, 5) is 55.8. The van der Waals surface area contributed by atoms with Crippen LogP contribution in [0.25, 0.3) is 22.2 Å². The van der Waals surface area contributed by atoms with Crippen molar-refractivity contribution < 1.29 is 51.3 Å². The molecule has 3 fully saturated rings. The third-order valence-corrected chi connectivity index (χ3v) is 25.6. The number of hydrogen-bond donors (Lipinski definition) is 5. The van der Waals surface area contributed by atoms with Crippen molar-refractivity contribution in [1.29, 1.82) is 0 Å². The summed E-state index contributed by atoms with van der Waals surface area (Å²) >= 11 is 11.6. The summed E-state index contributed by atoms with van der Waals surface area (Å²) in [5.74, 6) is 0.545. The van der Waals surface area contributed by atoms with E-state index in [-0.39, 0.29) is 53.6 Å². The van der Waals surface area contributed by atoms with Crippen LogP contribution in [0.1, 0.15) is 66.0 Å². The molecule has 27 heteroatoms. The van der Waals surface area contributed by atoms with Gasteiger partial charge in [0, 0.05) is 12.7 Å². The van der Waals surface area contributed by atoms with Crippen molar-refractivity contribution in [3.05, 3.63) is 34.8 Å². The Balaban J connectivity index is 1.21. The standard InChI is InChI=1S/C38H61N9O12P2S2Si2/c1-37(2,3)64(7,8)58-27-23-18-53-60(50,62)56-26-22(17-52-61(51,63)57-28(27)34(55-23)47-20-43-25-32(47)44-36(39)45(14-15-48)33(25)49)54-35(29(26)59-65(9,10)38(4,5)6)46-16-21-12-11-13-40-30-24(21)31(46)42-19-41-30/h16,19-20,22-23,26-29,34-35,48H,11-15,17-18H2,1-10H3,(H2,39,44)(H,50,62)(H,51,63)(H,40,41,42)/t22-,23-,26-,27-,28-,29-,34-,35-,60?,61?/m1/s1. The zero-order valence-electron chi connectivity index (χ0n) is 38.2. The van der Waals surface area contributed by atoms with Crippen molar-refractivity contribution in [2.75, 3.05) is 37.4 Å². The van der Waals surface area contributed by atoms with Crippen molar-refractivity contribution in [3.8, 4) is 0 Å². The number of aromatic nitrogens is 7. The molecule has 8 heterocycles. The van der Waals surface area contributed by atoms with E-state index in [0.29, 0.717) is 11.5 Å². The predicted molar refractivity (Wildman–Crippen MR) is 254 cm³/mol. The van der Waals surface area contributed by atoms with E-state index in [1.807, 2.05) is 23.9 Å². The smallest absolute Gasteiger partial charge is 0.325 e. The summed E-state index contributed by atoms with van der Waals surface area (Å²) in [5, 5.41) is 13.3. The molecule has 0 saturated carbocycles. The molecule has 4 aromatic rings. The maximum Gasteiger partial charge on any atom is 0.325 e. The number of nitrogens with two attached hydrogens (primary N) is 1. The van der Waals surface area contributed by atoms with Crippen molar-refractivity contribution in [1.82, 2.24) is 33.6 Å². The van der Waals surface area contributed by atoms with Crippen LogP contribution >= 0.6 is 13.4 Å². The molecule has 65 heavy (non-hydrogen) atoms. The maximum absolute atomic E-state index is 13.5. The molecule has 3 saturated heterocycles. The lowest BCUT2D eigenvalue weighted by Crippen LogP contribution is -2.50. The minimum absolute atomic E-state index is 0.0395. The molecule has 0 aromatic carbocycles. The number of nitrogen functional groups attached to an aromatic ring is 1. The van der Waals surface area contributed by atoms with Gasteiger partial charge in [-0.05, 0) is 78.3 Å². The molecule has 360 valence electrons. The Hall–Kier alpha value is -2.14. The SMILES string of the molecule is CC(C)(C)[Si](C)(C)O[C@@H]1[C@@H]2OP(O)(=S)OC[C@H]3O[C@@H](n4cnc5c(=O)n(CCO)c(N)nc54)[C@H](OP(O)(=S)OC[C@H]2O[C@H]1n1cc2c4c(ncnc41)NCCC2)[C@@H]3O[Si](C)(C)C(C)(C)C. The van der Waals surface area contributed by atoms with Crippen LogP contribution in [0.4, 0.5) is 11.8 Å². The molecule has 4 aliphatic heterocycles. The first kappa shape index (κ1) is 49.3. The minimum atomic E-state index is -4.29.